The van der Waals surface area contributed by atoms with Crippen LogP contribution in [0.3, 0.4) is 0 Å². The summed E-state index contributed by atoms with van der Waals surface area (Å²) < 4.78 is 0. The van der Waals surface area contributed by atoms with Gasteiger partial charge in [0.15, 0.2) is 0 Å². The van der Waals surface area contributed by atoms with Gasteiger partial charge in [-0.1, -0.05) is 19.8 Å². The van der Waals surface area contributed by atoms with E-state index >= 15 is 0 Å². The van der Waals surface area contributed by atoms with E-state index < -0.39 is 0 Å². The fourth-order valence-electron chi connectivity index (χ4n) is 2.44. The SMILES string of the molecule is CCCCCN(c1nc(NCC)nc2sccc12)C(C)C. The normalized spacial score (nSPS) is 11.3. The van der Waals surface area contributed by atoms with Gasteiger partial charge in [0.25, 0.3) is 0 Å². The maximum absolute atomic E-state index is 4.77. The Balaban J connectivity index is 2.37. The van der Waals surface area contributed by atoms with Crippen LogP contribution in [0, 0.1) is 0 Å². The summed E-state index contributed by atoms with van der Waals surface area (Å²) >= 11 is 1.68. The third-order valence-corrected chi connectivity index (χ3v) is 4.34. The zero-order chi connectivity index (χ0) is 15.2. The first-order valence-electron chi connectivity index (χ1n) is 7.93. The van der Waals surface area contributed by atoms with Crippen LogP contribution in [-0.4, -0.2) is 29.1 Å². The molecular formula is C16H26N4S. The summed E-state index contributed by atoms with van der Waals surface area (Å²) in [6, 6.07) is 2.58. The summed E-state index contributed by atoms with van der Waals surface area (Å²) in [5.41, 5.74) is 0. The molecule has 5 heteroatoms. The molecule has 0 spiro atoms. The van der Waals surface area contributed by atoms with Gasteiger partial charge in [0.1, 0.15) is 10.6 Å². The number of anilines is 2. The Hall–Kier alpha value is -1.36. The number of hydrogen-bond acceptors (Lipinski definition) is 5. The second kappa shape index (κ2) is 7.59. The minimum Gasteiger partial charge on any atom is -0.354 e. The van der Waals surface area contributed by atoms with E-state index in [1.165, 1.54) is 24.6 Å². The van der Waals surface area contributed by atoms with E-state index in [1.54, 1.807) is 11.3 Å². The lowest BCUT2D eigenvalue weighted by Crippen LogP contribution is -2.33. The molecule has 2 rings (SSSR count). The van der Waals surface area contributed by atoms with Gasteiger partial charge in [0, 0.05) is 19.1 Å². The highest BCUT2D eigenvalue weighted by molar-refractivity contribution is 7.16. The highest BCUT2D eigenvalue weighted by atomic mass is 32.1. The van der Waals surface area contributed by atoms with Crippen LogP contribution in [0.2, 0.25) is 0 Å². The average molecular weight is 306 g/mol. The van der Waals surface area contributed by atoms with Crippen molar-refractivity contribution in [2.24, 2.45) is 0 Å². The Bertz CT molecular complexity index is 564. The predicted molar refractivity (Wildman–Crippen MR) is 93.6 cm³/mol. The van der Waals surface area contributed by atoms with Gasteiger partial charge in [-0.15, -0.1) is 11.3 Å². The van der Waals surface area contributed by atoms with Crippen LogP contribution >= 0.6 is 11.3 Å². The van der Waals surface area contributed by atoms with Crippen LogP contribution in [0.15, 0.2) is 11.4 Å². The van der Waals surface area contributed by atoms with Crippen LogP contribution in [0.25, 0.3) is 10.2 Å². The molecule has 0 radical (unpaired) electrons. The summed E-state index contributed by atoms with van der Waals surface area (Å²) in [5, 5.41) is 6.52. The van der Waals surface area contributed by atoms with Gasteiger partial charge in [-0.25, -0.2) is 4.98 Å². The lowest BCUT2D eigenvalue weighted by Gasteiger charge is -2.28. The number of aromatic nitrogens is 2. The number of fused-ring (bicyclic) bond motifs is 1. The molecule has 4 nitrogen and oxygen atoms in total. The summed E-state index contributed by atoms with van der Waals surface area (Å²) in [4.78, 5) is 12.8. The van der Waals surface area contributed by atoms with Gasteiger partial charge in [-0.05, 0) is 38.6 Å². The minimum absolute atomic E-state index is 0.439. The largest absolute Gasteiger partial charge is 0.354 e. The van der Waals surface area contributed by atoms with Crippen molar-refractivity contribution >= 4 is 33.3 Å². The topological polar surface area (TPSA) is 41.1 Å². The molecule has 2 heterocycles. The van der Waals surface area contributed by atoms with Gasteiger partial charge in [0.2, 0.25) is 5.95 Å². The molecule has 2 aromatic heterocycles. The van der Waals surface area contributed by atoms with Crippen molar-refractivity contribution < 1.29 is 0 Å². The van der Waals surface area contributed by atoms with Crippen LogP contribution in [0.5, 0.6) is 0 Å². The summed E-state index contributed by atoms with van der Waals surface area (Å²) in [7, 11) is 0. The third-order valence-electron chi connectivity index (χ3n) is 3.54. The Morgan fingerprint density at radius 1 is 1.24 bits per heavy atom. The quantitative estimate of drug-likeness (QED) is 0.728. The van der Waals surface area contributed by atoms with Gasteiger partial charge >= 0.3 is 0 Å². The fourth-order valence-corrected chi connectivity index (χ4v) is 3.20. The Labute approximate surface area is 131 Å². The summed E-state index contributed by atoms with van der Waals surface area (Å²) in [5.74, 6) is 1.81. The molecule has 21 heavy (non-hydrogen) atoms. The monoisotopic (exact) mass is 306 g/mol. The fraction of sp³-hybridized carbons (Fsp3) is 0.625. The molecule has 0 saturated carbocycles. The van der Waals surface area contributed by atoms with Crippen LogP contribution in [0.1, 0.15) is 47.0 Å². The van der Waals surface area contributed by atoms with E-state index in [0.717, 1.165) is 29.7 Å². The molecule has 0 aliphatic heterocycles. The first-order valence-corrected chi connectivity index (χ1v) is 8.81. The lowest BCUT2D eigenvalue weighted by atomic mass is 10.2. The number of unbranched alkanes of at least 4 members (excludes halogenated alkanes) is 2. The minimum atomic E-state index is 0.439. The highest BCUT2D eigenvalue weighted by Gasteiger charge is 2.17. The van der Waals surface area contributed by atoms with Gasteiger partial charge in [-0.3, -0.25) is 0 Å². The highest BCUT2D eigenvalue weighted by Crippen LogP contribution is 2.30. The van der Waals surface area contributed by atoms with Crippen molar-refractivity contribution in [3.8, 4) is 0 Å². The smallest absolute Gasteiger partial charge is 0.226 e. The zero-order valence-corrected chi connectivity index (χ0v) is 14.3. The van der Waals surface area contributed by atoms with Crippen molar-refractivity contribution in [3.05, 3.63) is 11.4 Å². The summed E-state index contributed by atoms with van der Waals surface area (Å²) in [6.07, 6.45) is 3.72. The lowest BCUT2D eigenvalue weighted by molar-refractivity contribution is 0.621. The summed E-state index contributed by atoms with van der Waals surface area (Å²) in [6.45, 7) is 10.7. The zero-order valence-electron chi connectivity index (χ0n) is 13.5. The van der Waals surface area contributed by atoms with Crippen molar-refractivity contribution in [2.75, 3.05) is 23.3 Å². The molecule has 0 saturated heterocycles. The molecule has 0 amide bonds. The van der Waals surface area contributed by atoms with Crippen molar-refractivity contribution in [2.45, 2.75) is 53.0 Å². The van der Waals surface area contributed by atoms with E-state index in [0.29, 0.717) is 6.04 Å². The van der Waals surface area contributed by atoms with Crippen LogP contribution < -0.4 is 10.2 Å². The molecule has 116 valence electrons. The Kier molecular flexibility index (Phi) is 5.79. The Morgan fingerprint density at radius 2 is 2.05 bits per heavy atom. The standard InChI is InChI=1S/C16H26N4S/c1-5-7-8-10-20(12(3)4)14-13-9-11-21-15(13)19-16(18-14)17-6-2/h9,11-12H,5-8,10H2,1-4H3,(H,17,18,19). The predicted octanol–water partition coefficient (Wildman–Crippen LogP) is 4.53. The molecule has 0 atom stereocenters. The number of nitrogens with zero attached hydrogens (tertiary/aromatic N) is 3. The van der Waals surface area contributed by atoms with E-state index in [2.05, 4.69) is 54.3 Å². The van der Waals surface area contributed by atoms with Gasteiger partial charge in [0.05, 0.1) is 5.39 Å². The van der Waals surface area contributed by atoms with Gasteiger partial charge < -0.3 is 10.2 Å². The van der Waals surface area contributed by atoms with Crippen molar-refractivity contribution in [1.82, 2.24) is 9.97 Å². The number of rotatable bonds is 8. The number of thiophene rings is 1. The number of nitrogens with one attached hydrogen (secondary N) is 1. The molecule has 0 aliphatic rings. The van der Waals surface area contributed by atoms with E-state index in [4.69, 9.17) is 4.98 Å². The van der Waals surface area contributed by atoms with Crippen molar-refractivity contribution in [3.63, 3.8) is 0 Å². The Morgan fingerprint density at radius 3 is 2.71 bits per heavy atom. The molecule has 1 N–H and O–H groups in total. The van der Waals surface area contributed by atoms with E-state index in [9.17, 15) is 0 Å². The molecule has 0 aliphatic carbocycles. The molecule has 0 bridgehead atoms. The molecule has 0 unspecified atom stereocenters. The van der Waals surface area contributed by atoms with Crippen LogP contribution in [-0.2, 0) is 0 Å². The second-order valence-corrected chi connectivity index (χ2v) is 6.43. The average Bonchev–Trinajstić information content (AvgIpc) is 2.91. The van der Waals surface area contributed by atoms with Crippen molar-refractivity contribution in [1.29, 1.82) is 0 Å². The third kappa shape index (κ3) is 3.84. The first kappa shape index (κ1) is 16.0. The number of hydrogen-bond donors (Lipinski definition) is 1. The molecule has 0 fully saturated rings. The second-order valence-electron chi connectivity index (χ2n) is 5.53. The maximum Gasteiger partial charge on any atom is 0.226 e. The van der Waals surface area contributed by atoms with E-state index in [1.807, 2.05) is 0 Å². The molecular weight excluding hydrogens is 280 g/mol. The van der Waals surface area contributed by atoms with Crippen LogP contribution in [0.4, 0.5) is 11.8 Å². The van der Waals surface area contributed by atoms with Gasteiger partial charge in [-0.2, -0.15) is 4.98 Å². The molecule has 0 aromatic carbocycles. The molecule has 2 aromatic rings. The van der Waals surface area contributed by atoms with E-state index in [-0.39, 0.29) is 0 Å². The first-order chi connectivity index (χ1) is 10.2. The maximum atomic E-state index is 4.77.